The molecule has 8 nitrogen and oxygen atoms in total. The average molecular weight is 556 g/mol. The van der Waals surface area contributed by atoms with Crippen molar-refractivity contribution >= 4 is 11.7 Å². The number of ether oxygens (including phenoxy) is 4. The molecular weight excluding hydrogens is 510 g/mol. The Labute approximate surface area is 237 Å². The quantitative estimate of drug-likeness (QED) is 0.193. The van der Waals surface area contributed by atoms with E-state index in [9.17, 15) is 15.1 Å². The van der Waals surface area contributed by atoms with Crippen LogP contribution in [0.1, 0.15) is 79.6 Å². The molecule has 9 atom stereocenters. The van der Waals surface area contributed by atoms with Crippen molar-refractivity contribution in [3.63, 3.8) is 0 Å². The van der Waals surface area contributed by atoms with Gasteiger partial charge in [0, 0.05) is 19.3 Å². The van der Waals surface area contributed by atoms with Gasteiger partial charge in [0.25, 0.3) is 0 Å². The summed E-state index contributed by atoms with van der Waals surface area (Å²) in [5, 5.41) is 25.3. The second-order valence-corrected chi connectivity index (χ2v) is 12.6. The lowest BCUT2D eigenvalue weighted by Crippen LogP contribution is -2.57. The molecule has 5 aliphatic rings. The number of allylic oxidation sites excluding steroid dienone is 4. The second-order valence-electron chi connectivity index (χ2n) is 12.6. The maximum atomic E-state index is 13.9. The zero-order valence-electron chi connectivity index (χ0n) is 24.5. The molecule has 2 N–H and O–H groups in total. The van der Waals surface area contributed by atoms with Crippen molar-refractivity contribution in [1.29, 1.82) is 0 Å². The highest BCUT2D eigenvalue weighted by atomic mass is 16.7. The van der Waals surface area contributed by atoms with Gasteiger partial charge >= 0.3 is 5.97 Å². The Morgan fingerprint density at radius 3 is 2.73 bits per heavy atom. The summed E-state index contributed by atoms with van der Waals surface area (Å²) >= 11 is 0. The van der Waals surface area contributed by atoms with E-state index >= 15 is 0 Å². The van der Waals surface area contributed by atoms with E-state index in [1.165, 1.54) is 5.57 Å². The number of carbonyl (C=O) groups is 1. The van der Waals surface area contributed by atoms with Gasteiger partial charge in [0.2, 0.25) is 0 Å². The first-order valence-electron chi connectivity index (χ1n) is 14.9. The third-order valence-corrected chi connectivity index (χ3v) is 9.45. The number of aliphatic hydroxyl groups is 1. The van der Waals surface area contributed by atoms with Crippen LogP contribution in [0, 0.1) is 17.8 Å². The standard InChI is InChI=1S/C32H45NO7/c1-6-27-21(4)12-13-31(40-27)17-25-16-24(39-31)11-10-20(3)14-19(2)8-7-9-23-18-37-29-28(33-36)22(5)15-26(30(34)38-25)32(23,29)35/h7-10,15,19,21,24-27,29,35-36H,6,11-14,16-18H2,1-5H3/b8-7-,20-10-,23-9?,33-28-/t19-,21-,24+,25-,26-,27+,29+,31+,32+/m0/s1. The molecule has 40 heavy (non-hydrogen) atoms. The van der Waals surface area contributed by atoms with Gasteiger partial charge in [-0.25, -0.2) is 0 Å². The molecule has 1 aliphatic carbocycles. The van der Waals surface area contributed by atoms with Crippen LogP contribution >= 0.6 is 0 Å². The van der Waals surface area contributed by atoms with E-state index < -0.39 is 35.5 Å². The van der Waals surface area contributed by atoms with Gasteiger partial charge in [-0.3, -0.25) is 4.79 Å². The van der Waals surface area contributed by atoms with Crippen molar-refractivity contribution in [3.8, 4) is 0 Å². The SMILES string of the molecule is CC[C@H]1O[C@]2(CC[C@@H]1C)C[C@@H]1C[C@@H](C/C=C(/C)C[C@@H](C)/C=C\C=C3CO[C@@H]4/C(=N\O)C(C)=C[C@@H](C(=O)O1)[C@]34O)O2. The zero-order chi connectivity index (χ0) is 28.7. The van der Waals surface area contributed by atoms with E-state index in [1.54, 1.807) is 13.0 Å². The number of rotatable bonds is 1. The second kappa shape index (κ2) is 11.6. The number of hydrogen-bond acceptors (Lipinski definition) is 8. The van der Waals surface area contributed by atoms with Crippen LogP contribution in [0.2, 0.25) is 0 Å². The fourth-order valence-corrected chi connectivity index (χ4v) is 7.22. The molecule has 5 rings (SSSR count). The van der Waals surface area contributed by atoms with Crippen LogP contribution in [0.5, 0.6) is 0 Å². The number of fused-ring (bicyclic) bond motifs is 2. The Morgan fingerprint density at radius 2 is 1.98 bits per heavy atom. The number of nitrogens with zero attached hydrogens (tertiary/aromatic N) is 1. The summed E-state index contributed by atoms with van der Waals surface area (Å²) in [4.78, 5) is 13.9. The summed E-state index contributed by atoms with van der Waals surface area (Å²) in [6.07, 6.45) is 13.6. The summed E-state index contributed by atoms with van der Waals surface area (Å²) in [5.74, 6) is -1.60. The third kappa shape index (κ3) is 5.48. The summed E-state index contributed by atoms with van der Waals surface area (Å²) < 4.78 is 25.5. The van der Waals surface area contributed by atoms with Crippen molar-refractivity contribution in [3.05, 3.63) is 47.1 Å². The minimum absolute atomic E-state index is 0.0940. The lowest BCUT2D eigenvalue weighted by Gasteiger charge is -2.49. The number of esters is 1. The predicted molar refractivity (Wildman–Crippen MR) is 151 cm³/mol. The van der Waals surface area contributed by atoms with E-state index in [1.807, 2.05) is 12.2 Å². The van der Waals surface area contributed by atoms with Crippen molar-refractivity contribution in [2.24, 2.45) is 22.9 Å². The van der Waals surface area contributed by atoms with E-state index in [0.29, 0.717) is 29.9 Å². The van der Waals surface area contributed by atoms with Gasteiger partial charge in [-0.15, -0.1) is 0 Å². The van der Waals surface area contributed by atoms with Crippen molar-refractivity contribution in [2.75, 3.05) is 6.61 Å². The largest absolute Gasteiger partial charge is 0.462 e. The molecule has 0 aromatic rings. The minimum atomic E-state index is -1.72. The first-order valence-corrected chi connectivity index (χ1v) is 14.9. The lowest BCUT2D eigenvalue weighted by molar-refractivity contribution is -0.335. The molecule has 4 aliphatic heterocycles. The molecule has 0 unspecified atom stereocenters. The van der Waals surface area contributed by atoms with Crippen LogP contribution in [0.15, 0.2) is 52.3 Å². The average Bonchev–Trinajstić information content (AvgIpc) is 3.24. The van der Waals surface area contributed by atoms with Crippen LogP contribution in [-0.4, -0.2) is 64.4 Å². The topological polar surface area (TPSA) is 107 Å². The summed E-state index contributed by atoms with van der Waals surface area (Å²) in [6.45, 7) is 10.5. The Balaban J connectivity index is 1.53. The highest BCUT2D eigenvalue weighted by Gasteiger charge is 2.59. The summed E-state index contributed by atoms with van der Waals surface area (Å²) in [7, 11) is 0. The van der Waals surface area contributed by atoms with Crippen molar-refractivity contribution < 1.29 is 34.1 Å². The fourth-order valence-electron chi connectivity index (χ4n) is 7.22. The van der Waals surface area contributed by atoms with Gasteiger partial charge in [0.1, 0.15) is 29.4 Å². The Kier molecular flexibility index (Phi) is 8.44. The molecule has 220 valence electrons. The molecule has 0 aromatic carbocycles. The van der Waals surface area contributed by atoms with Gasteiger partial charge < -0.3 is 29.3 Å². The number of oxime groups is 1. The van der Waals surface area contributed by atoms with E-state index in [0.717, 1.165) is 32.1 Å². The Morgan fingerprint density at radius 1 is 1.18 bits per heavy atom. The smallest absolute Gasteiger partial charge is 0.316 e. The van der Waals surface area contributed by atoms with E-state index in [4.69, 9.17) is 18.9 Å². The summed E-state index contributed by atoms with van der Waals surface area (Å²) in [6, 6.07) is 0. The Bertz CT molecular complexity index is 1140. The molecule has 1 spiro atoms. The van der Waals surface area contributed by atoms with Gasteiger partial charge in [-0.2, -0.15) is 0 Å². The molecule has 3 saturated heterocycles. The van der Waals surface area contributed by atoms with Crippen LogP contribution in [0.3, 0.4) is 0 Å². The summed E-state index contributed by atoms with van der Waals surface area (Å²) in [5.41, 5.74) is 0.922. The minimum Gasteiger partial charge on any atom is -0.462 e. The molecular formula is C32H45NO7. The van der Waals surface area contributed by atoms with Crippen LogP contribution < -0.4 is 0 Å². The molecule has 8 heteroatoms. The van der Waals surface area contributed by atoms with Crippen LogP contribution in [0.4, 0.5) is 0 Å². The normalized spacial score (nSPS) is 45.6. The molecule has 2 bridgehead atoms. The molecule has 0 amide bonds. The van der Waals surface area contributed by atoms with E-state index in [2.05, 4.69) is 45.0 Å². The third-order valence-electron chi connectivity index (χ3n) is 9.45. The van der Waals surface area contributed by atoms with Crippen LogP contribution in [0.25, 0.3) is 0 Å². The lowest BCUT2D eigenvalue weighted by atomic mass is 9.71. The fraction of sp³-hybridized carbons (Fsp3) is 0.688. The van der Waals surface area contributed by atoms with Gasteiger partial charge in [-0.05, 0) is 62.5 Å². The van der Waals surface area contributed by atoms with E-state index in [-0.39, 0.29) is 30.4 Å². The predicted octanol–water partition coefficient (Wildman–Crippen LogP) is 5.39. The molecule has 0 saturated carbocycles. The number of carbonyl (C=O) groups excluding carboxylic acids is 1. The highest BCUT2D eigenvalue weighted by Crippen LogP contribution is 2.46. The van der Waals surface area contributed by atoms with Crippen molar-refractivity contribution in [2.45, 2.75) is 115 Å². The maximum Gasteiger partial charge on any atom is 0.316 e. The molecule has 0 aromatic heterocycles. The van der Waals surface area contributed by atoms with Crippen LogP contribution in [-0.2, 0) is 23.7 Å². The molecule has 4 heterocycles. The maximum absolute atomic E-state index is 13.9. The molecule has 0 radical (unpaired) electrons. The first kappa shape index (κ1) is 29.2. The van der Waals surface area contributed by atoms with Gasteiger partial charge in [0.15, 0.2) is 5.79 Å². The zero-order valence-corrected chi connectivity index (χ0v) is 24.5. The van der Waals surface area contributed by atoms with Gasteiger partial charge in [0.05, 0.1) is 18.8 Å². The van der Waals surface area contributed by atoms with Crippen molar-refractivity contribution in [1.82, 2.24) is 0 Å². The highest BCUT2D eigenvalue weighted by molar-refractivity contribution is 6.06. The monoisotopic (exact) mass is 555 g/mol. The Hall–Kier alpha value is -2.26. The molecule has 3 fully saturated rings. The number of hydrogen-bond donors (Lipinski definition) is 2. The van der Waals surface area contributed by atoms with Gasteiger partial charge in [-0.1, -0.05) is 61.9 Å². The first-order chi connectivity index (χ1) is 19.1.